The van der Waals surface area contributed by atoms with Crippen LogP contribution in [0.1, 0.15) is 28.7 Å². The van der Waals surface area contributed by atoms with Crippen molar-refractivity contribution in [3.8, 4) is 11.4 Å². The van der Waals surface area contributed by atoms with E-state index in [-0.39, 0.29) is 5.56 Å². The molecule has 20 heavy (non-hydrogen) atoms. The van der Waals surface area contributed by atoms with Gasteiger partial charge in [-0.2, -0.15) is 0 Å². The summed E-state index contributed by atoms with van der Waals surface area (Å²) in [6, 6.07) is 6.67. The Kier molecular flexibility index (Phi) is 2.95. The fourth-order valence-electron chi connectivity index (χ4n) is 2.12. The number of benzene rings is 1. The van der Waals surface area contributed by atoms with Gasteiger partial charge in [-0.3, -0.25) is 4.99 Å². The van der Waals surface area contributed by atoms with E-state index < -0.39 is 5.97 Å². The van der Waals surface area contributed by atoms with Crippen LogP contribution in [0.5, 0.6) is 0 Å². The van der Waals surface area contributed by atoms with Gasteiger partial charge < -0.3 is 10.1 Å². The van der Waals surface area contributed by atoms with Gasteiger partial charge in [0.25, 0.3) is 0 Å². The molecule has 0 spiro atoms. The molecule has 5 nitrogen and oxygen atoms in total. The van der Waals surface area contributed by atoms with Gasteiger partial charge in [0, 0.05) is 29.6 Å². The molecule has 0 radical (unpaired) electrons. The molecule has 0 bridgehead atoms. The number of carboxylic acids is 1. The van der Waals surface area contributed by atoms with E-state index in [1.54, 1.807) is 24.3 Å². The van der Waals surface area contributed by atoms with Crippen LogP contribution < -0.4 is 0 Å². The van der Waals surface area contributed by atoms with Crippen molar-refractivity contribution in [2.24, 2.45) is 4.99 Å². The molecule has 1 aromatic heterocycles. The van der Waals surface area contributed by atoms with E-state index >= 15 is 0 Å². The third kappa shape index (κ3) is 2.25. The van der Waals surface area contributed by atoms with Crippen LogP contribution in [-0.4, -0.2) is 27.3 Å². The predicted octanol–water partition coefficient (Wildman–Crippen LogP) is 2.76. The molecule has 0 amide bonds. The Hall–Kier alpha value is -2.69. The third-order valence-electron chi connectivity index (χ3n) is 3.15. The quantitative estimate of drug-likeness (QED) is 0.878. The number of hydrogen-bond donors (Lipinski definition) is 2. The molecule has 0 saturated carbocycles. The van der Waals surface area contributed by atoms with Crippen molar-refractivity contribution in [3.63, 3.8) is 0 Å². The van der Waals surface area contributed by atoms with E-state index in [4.69, 9.17) is 5.11 Å². The zero-order valence-electron chi connectivity index (χ0n) is 10.9. The average Bonchev–Trinajstić information content (AvgIpc) is 2.74. The minimum Gasteiger partial charge on any atom is -0.478 e. The van der Waals surface area contributed by atoms with Gasteiger partial charge in [0.05, 0.1) is 11.3 Å². The maximum Gasteiger partial charge on any atom is 0.335 e. The summed E-state index contributed by atoms with van der Waals surface area (Å²) in [7, 11) is 0. The number of fused-ring (bicyclic) bond motifs is 1. The molecular weight excluding hydrogens is 254 g/mol. The zero-order valence-corrected chi connectivity index (χ0v) is 10.9. The van der Waals surface area contributed by atoms with Crippen molar-refractivity contribution >= 4 is 18.3 Å². The molecule has 100 valence electrons. The van der Waals surface area contributed by atoms with Crippen molar-refractivity contribution in [2.75, 3.05) is 0 Å². The summed E-state index contributed by atoms with van der Waals surface area (Å²) < 4.78 is 0. The number of imidazole rings is 1. The summed E-state index contributed by atoms with van der Waals surface area (Å²) in [5.74, 6) is -0.187. The number of rotatable bonds is 2. The van der Waals surface area contributed by atoms with E-state index in [9.17, 15) is 4.79 Å². The molecule has 1 aromatic carbocycles. The molecule has 0 fully saturated rings. The van der Waals surface area contributed by atoms with Gasteiger partial charge >= 0.3 is 5.97 Å². The predicted molar refractivity (Wildman–Crippen MR) is 76.8 cm³/mol. The lowest BCUT2D eigenvalue weighted by Gasteiger charge is -1.98. The molecule has 0 aliphatic carbocycles. The number of aromatic amines is 1. The van der Waals surface area contributed by atoms with Crippen molar-refractivity contribution < 1.29 is 9.90 Å². The largest absolute Gasteiger partial charge is 0.478 e. The first kappa shape index (κ1) is 12.3. The molecule has 5 heteroatoms. The Balaban J connectivity index is 1.98. The van der Waals surface area contributed by atoms with Crippen LogP contribution in [0.3, 0.4) is 0 Å². The van der Waals surface area contributed by atoms with Crippen molar-refractivity contribution in [3.05, 3.63) is 46.9 Å². The third-order valence-corrected chi connectivity index (χ3v) is 3.15. The Morgan fingerprint density at radius 2 is 2.05 bits per heavy atom. The lowest BCUT2D eigenvalue weighted by Crippen LogP contribution is -1.95. The van der Waals surface area contributed by atoms with Crippen LogP contribution in [0.2, 0.25) is 0 Å². The summed E-state index contributed by atoms with van der Waals surface area (Å²) >= 11 is 0. The Morgan fingerprint density at radius 1 is 1.30 bits per heavy atom. The number of carbonyl (C=O) groups is 1. The minimum absolute atomic E-state index is 0.268. The molecule has 0 atom stereocenters. The van der Waals surface area contributed by atoms with Crippen LogP contribution >= 0.6 is 0 Å². The van der Waals surface area contributed by atoms with E-state index in [2.05, 4.69) is 15.0 Å². The maximum absolute atomic E-state index is 10.8. The summed E-state index contributed by atoms with van der Waals surface area (Å²) in [6.45, 7) is 1.93. The fraction of sp³-hybridized carbons (Fsp3) is 0.133. The molecule has 0 unspecified atom stereocenters. The highest BCUT2D eigenvalue weighted by Gasteiger charge is 2.12. The van der Waals surface area contributed by atoms with Gasteiger partial charge in [0.15, 0.2) is 0 Å². The van der Waals surface area contributed by atoms with Crippen LogP contribution in [0, 0.1) is 0 Å². The molecule has 2 heterocycles. The maximum atomic E-state index is 10.8. The Labute approximate surface area is 115 Å². The second kappa shape index (κ2) is 4.77. The number of nitrogens with one attached hydrogen (secondary N) is 1. The molecule has 2 N–H and O–H groups in total. The molecular formula is C15H13N3O2. The highest BCUT2D eigenvalue weighted by Crippen LogP contribution is 2.22. The van der Waals surface area contributed by atoms with E-state index in [1.807, 2.05) is 19.2 Å². The van der Waals surface area contributed by atoms with Crippen molar-refractivity contribution in [1.29, 1.82) is 0 Å². The second-order valence-corrected chi connectivity index (χ2v) is 4.63. The number of allylic oxidation sites excluding steroid dienone is 1. The smallest absolute Gasteiger partial charge is 0.335 e. The van der Waals surface area contributed by atoms with Crippen molar-refractivity contribution in [1.82, 2.24) is 9.97 Å². The molecule has 1 aliphatic heterocycles. The highest BCUT2D eigenvalue weighted by atomic mass is 16.4. The van der Waals surface area contributed by atoms with Gasteiger partial charge in [0.1, 0.15) is 5.82 Å². The van der Waals surface area contributed by atoms with Crippen LogP contribution in [0.15, 0.2) is 35.0 Å². The molecule has 2 aromatic rings. The number of aromatic carboxylic acids is 1. The molecule has 1 aliphatic rings. The van der Waals surface area contributed by atoms with E-state index in [1.165, 1.54) is 0 Å². The van der Waals surface area contributed by atoms with Gasteiger partial charge in [-0.25, -0.2) is 9.78 Å². The summed E-state index contributed by atoms with van der Waals surface area (Å²) in [6.07, 6.45) is 4.50. The van der Waals surface area contributed by atoms with Gasteiger partial charge in [-0.1, -0.05) is 12.1 Å². The van der Waals surface area contributed by atoms with Gasteiger partial charge in [-0.05, 0) is 25.1 Å². The van der Waals surface area contributed by atoms with Crippen molar-refractivity contribution in [2.45, 2.75) is 13.3 Å². The summed E-state index contributed by atoms with van der Waals surface area (Å²) in [4.78, 5) is 22.9. The van der Waals surface area contributed by atoms with E-state index in [0.717, 1.165) is 28.5 Å². The number of nitrogens with zero attached hydrogens (tertiary/aromatic N) is 2. The van der Waals surface area contributed by atoms with Gasteiger partial charge in [-0.15, -0.1) is 0 Å². The Bertz CT molecular complexity index is 724. The normalized spacial score (nSPS) is 13.6. The SMILES string of the molecule is CC1=Cc2nc(-c3ccc(C(=O)O)cc3)[nH]c2CC=N1. The first-order valence-corrected chi connectivity index (χ1v) is 6.27. The second-order valence-electron chi connectivity index (χ2n) is 4.63. The number of aromatic nitrogens is 2. The van der Waals surface area contributed by atoms with Gasteiger partial charge in [0.2, 0.25) is 0 Å². The highest BCUT2D eigenvalue weighted by molar-refractivity contribution is 5.88. The van der Waals surface area contributed by atoms with Crippen LogP contribution in [0.4, 0.5) is 0 Å². The zero-order chi connectivity index (χ0) is 14.1. The number of carboxylic acid groups (broad SMARTS) is 1. The number of hydrogen-bond acceptors (Lipinski definition) is 3. The molecule has 3 rings (SSSR count). The first-order valence-electron chi connectivity index (χ1n) is 6.27. The monoisotopic (exact) mass is 267 g/mol. The topological polar surface area (TPSA) is 78.3 Å². The first-order chi connectivity index (χ1) is 9.63. The lowest BCUT2D eigenvalue weighted by molar-refractivity contribution is 0.0697. The number of aliphatic imine (C=N–C) groups is 1. The average molecular weight is 267 g/mol. The van der Waals surface area contributed by atoms with Crippen LogP contribution in [0.25, 0.3) is 17.5 Å². The molecule has 0 saturated heterocycles. The minimum atomic E-state index is -0.929. The lowest BCUT2D eigenvalue weighted by atomic mass is 10.1. The standard InChI is InChI=1S/C15H13N3O2/c1-9-8-13-12(6-7-16-9)17-14(18-13)10-2-4-11(5-3-10)15(19)20/h2-5,7-8H,6H2,1H3,(H,17,18)(H,19,20). The Morgan fingerprint density at radius 3 is 2.75 bits per heavy atom. The van der Waals surface area contributed by atoms with E-state index in [0.29, 0.717) is 6.42 Å². The summed E-state index contributed by atoms with van der Waals surface area (Å²) in [5.41, 5.74) is 3.96. The summed E-state index contributed by atoms with van der Waals surface area (Å²) in [5, 5.41) is 8.89. The fourth-order valence-corrected chi connectivity index (χ4v) is 2.12. The van der Waals surface area contributed by atoms with Crippen LogP contribution in [-0.2, 0) is 6.42 Å². The number of H-pyrrole nitrogens is 1.